The molecule has 0 unspecified atom stereocenters. The summed E-state index contributed by atoms with van der Waals surface area (Å²) in [7, 11) is 0. The van der Waals surface area contributed by atoms with Gasteiger partial charge in [-0.2, -0.15) is 0 Å². The lowest BCUT2D eigenvalue weighted by molar-refractivity contribution is 0.0564. The number of nitrogens with one attached hydrogen (secondary N) is 1. The molecular weight excluding hydrogens is 237 g/mol. The van der Waals surface area contributed by atoms with Crippen molar-refractivity contribution < 1.29 is 13.9 Å². The van der Waals surface area contributed by atoms with E-state index in [0.29, 0.717) is 31.9 Å². The van der Waals surface area contributed by atoms with Crippen molar-refractivity contribution in [1.29, 1.82) is 0 Å². The van der Waals surface area contributed by atoms with Gasteiger partial charge in [-0.05, 0) is 17.7 Å². The molecular formula is C12H16FN3O2. The van der Waals surface area contributed by atoms with E-state index in [0.717, 1.165) is 0 Å². The smallest absolute Gasteiger partial charge is 0.322 e. The molecule has 0 radical (unpaired) electrons. The molecule has 0 aliphatic carbocycles. The minimum Gasteiger partial charge on any atom is -0.378 e. The van der Waals surface area contributed by atoms with Gasteiger partial charge in [-0.1, -0.05) is 6.07 Å². The topological polar surface area (TPSA) is 67.6 Å². The van der Waals surface area contributed by atoms with Crippen LogP contribution in [0.1, 0.15) is 5.56 Å². The lowest BCUT2D eigenvalue weighted by Gasteiger charge is -2.27. The van der Waals surface area contributed by atoms with Gasteiger partial charge in [0.1, 0.15) is 5.82 Å². The molecule has 0 aromatic heterocycles. The van der Waals surface area contributed by atoms with Crippen molar-refractivity contribution in [1.82, 2.24) is 4.90 Å². The summed E-state index contributed by atoms with van der Waals surface area (Å²) in [5, 5.41) is 2.55. The van der Waals surface area contributed by atoms with Crippen LogP contribution in [0.5, 0.6) is 0 Å². The Bertz CT molecular complexity index is 433. The average Bonchev–Trinajstić information content (AvgIpc) is 2.42. The normalized spacial score (nSPS) is 15.6. The largest absolute Gasteiger partial charge is 0.378 e. The Kier molecular flexibility index (Phi) is 4.11. The van der Waals surface area contributed by atoms with Crippen molar-refractivity contribution in [3.8, 4) is 0 Å². The molecule has 0 saturated carbocycles. The van der Waals surface area contributed by atoms with E-state index in [1.807, 2.05) is 0 Å². The van der Waals surface area contributed by atoms with E-state index in [1.54, 1.807) is 11.0 Å². The first-order valence-corrected chi connectivity index (χ1v) is 5.83. The molecule has 3 N–H and O–H groups in total. The Balaban J connectivity index is 2.02. The van der Waals surface area contributed by atoms with E-state index in [2.05, 4.69) is 5.32 Å². The predicted molar refractivity (Wildman–Crippen MR) is 65.7 cm³/mol. The molecule has 98 valence electrons. The SMILES string of the molecule is NCc1ccc(NC(=O)N2CCOCC2)c(F)c1. The van der Waals surface area contributed by atoms with Gasteiger partial charge in [0.25, 0.3) is 0 Å². The molecule has 2 rings (SSSR count). The van der Waals surface area contributed by atoms with Crippen molar-refractivity contribution in [3.05, 3.63) is 29.6 Å². The number of hydrogen-bond donors (Lipinski definition) is 2. The average molecular weight is 253 g/mol. The monoisotopic (exact) mass is 253 g/mol. The molecule has 1 fully saturated rings. The third-order valence-electron chi connectivity index (χ3n) is 2.81. The lowest BCUT2D eigenvalue weighted by Crippen LogP contribution is -2.43. The van der Waals surface area contributed by atoms with Crippen molar-refractivity contribution in [2.75, 3.05) is 31.6 Å². The fraction of sp³-hybridized carbons (Fsp3) is 0.417. The fourth-order valence-electron chi connectivity index (χ4n) is 1.75. The molecule has 1 saturated heterocycles. The van der Waals surface area contributed by atoms with Crippen LogP contribution >= 0.6 is 0 Å². The number of hydrogen-bond acceptors (Lipinski definition) is 3. The molecule has 0 atom stereocenters. The Hall–Kier alpha value is -1.66. The van der Waals surface area contributed by atoms with Crippen LogP contribution in [0.25, 0.3) is 0 Å². The Morgan fingerprint density at radius 1 is 1.44 bits per heavy atom. The van der Waals surface area contributed by atoms with E-state index in [1.165, 1.54) is 12.1 Å². The van der Waals surface area contributed by atoms with Gasteiger partial charge in [0.05, 0.1) is 18.9 Å². The van der Waals surface area contributed by atoms with Crippen LogP contribution in [-0.4, -0.2) is 37.2 Å². The zero-order valence-corrected chi connectivity index (χ0v) is 9.99. The highest BCUT2D eigenvalue weighted by atomic mass is 19.1. The first kappa shape index (κ1) is 12.8. The minimum atomic E-state index is -0.473. The Morgan fingerprint density at radius 3 is 2.78 bits per heavy atom. The molecule has 0 spiro atoms. The summed E-state index contributed by atoms with van der Waals surface area (Å²) in [4.78, 5) is 13.4. The van der Waals surface area contributed by atoms with Gasteiger partial charge in [0, 0.05) is 19.6 Å². The van der Waals surface area contributed by atoms with Gasteiger partial charge in [0.15, 0.2) is 0 Å². The van der Waals surface area contributed by atoms with Gasteiger partial charge in [-0.15, -0.1) is 0 Å². The van der Waals surface area contributed by atoms with Crippen molar-refractivity contribution in [2.45, 2.75) is 6.54 Å². The number of nitrogens with two attached hydrogens (primary N) is 1. The van der Waals surface area contributed by atoms with E-state index in [9.17, 15) is 9.18 Å². The lowest BCUT2D eigenvalue weighted by atomic mass is 10.2. The standard InChI is InChI=1S/C12H16FN3O2/c13-10-7-9(8-14)1-2-11(10)15-12(17)16-3-5-18-6-4-16/h1-2,7H,3-6,8,14H2,(H,15,17). The summed E-state index contributed by atoms with van der Waals surface area (Å²) in [5.41, 5.74) is 6.27. The van der Waals surface area contributed by atoms with Gasteiger partial charge in [-0.3, -0.25) is 0 Å². The first-order chi connectivity index (χ1) is 8.70. The zero-order valence-electron chi connectivity index (χ0n) is 9.99. The van der Waals surface area contributed by atoms with E-state index in [4.69, 9.17) is 10.5 Å². The number of ether oxygens (including phenoxy) is 1. The molecule has 6 heteroatoms. The number of anilines is 1. The molecule has 1 aromatic rings. The number of urea groups is 1. The fourth-order valence-corrected chi connectivity index (χ4v) is 1.75. The maximum absolute atomic E-state index is 13.7. The highest BCUT2D eigenvalue weighted by Crippen LogP contribution is 2.16. The number of carbonyl (C=O) groups is 1. The molecule has 2 amide bonds. The summed E-state index contributed by atoms with van der Waals surface area (Å²) in [6, 6.07) is 4.24. The second kappa shape index (κ2) is 5.79. The molecule has 0 bridgehead atoms. The number of amides is 2. The van der Waals surface area contributed by atoms with Crippen LogP contribution in [0.15, 0.2) is 18.2 Å². The number of benzene rings is 1. The van der Waals surface area contributed by atoms with Crippen molar-refractivity contribution in [2.24, 2.45) is 5.73 Å². The van der Waals surface area contributed by atoms with Crippen LogP contribution in [0.4, 0.5) is 14.9 Å². The van der Waals surface area contributed by atoms with Crippen LogP contribution in [0, 0.1) is 5.82 Å². The zero-order chi connectivity index (χ0) is 13.0. The summed E-state index contributed by atoms with van der Waals surface area (Å²) < 4.78 is 18.8. The Labute approximate surface area is 105 Å². The number of halogens is 1. The van der Waals surface area contributed by atoms with Crippen LogP contribution in [0.3, 0.4) is 0 Å². The Morgan fingerprint density at radius 2 is 2.17 bits per heavy atom. The van der Waals surface area contributed by atoms with Gasteiger partial charge >= 0.3 is 6.03 Å². The predicted octanol–water partition coefficient (Wildman–Crippen LogP) is 1.15. The van der Waals surface area contributed by atoms with Crippen LogP contribution in [0.2, 0.25) is 0 Å². The van der Waals surface area contributed by atoms with Gasteiger partial charge < -0.3 is 20.7 Å². The third kappa shape index (κ3) is 2.96. The number of nitrogens with zero attached hydrogens (tertiary/aromatic N) is 1. The molecule has 1 heterocycles. The maximum Gasteiger partial charge on any atom is 0.322 e. The summed E-state index contributed by atoms with van der Waals surface area (Å²) >= 11 is 0. The second-order valence-corrected chi connectivity index (χ2v) is 4.05. The number of carbonyl (C=O) groups excluding carboxylic acids is 1. The first-order valence-electron chi connectivity index (χ1n) is 5.83. The minimum absolute atomic E-state index is 0.170. The van der Waals surface area contributed by atoms with Crippen LogP contribution in [-0.2, 0) is 11.3 Å². The van der Waals surface area contributed by atoms with E-state index < -0.39 is 5.82 Å². The quantitative estimate of drug-likeness (QED) is 0.830. The molecule has 1 aromatic carbocycles. The van der Waals surface area contributed by atoms with Gasteiger partial charge in [-0.25, -0.2) is 9.18 Å². The molecule has 18 heavy (non-hydrogen) atoms. The highest BCUT2D eigenvalue weighted by Gasteiger charge is 2.17. The third-order valence-corrected chi connectivity index (χ3v) is 2.81. The number of morpholine rings is 1. The summed E-state index contributed by atoms with van der Waals surface area (Å²) in [6.45, 7) is 2.35. The van der Waals surface area contributed by atoms with Crippen molar-refractivity contribution >= 4 is 11.7 Å². The molecule has 5 nitrogen and oxygen atoms in total. The second-order valence-electron chi connectivity index (χ2n) is 4.05. The summed E-state index contributed by atoms with van der Waals surface area (Å²) in [5.74, 6) is -0.473. The van der Waals surface area contributed by atoms with Crippen LogP contribution < -0.4 is 11.1 Å². The number of rotatable bonds is 2. The highest BCUT2D eigenvalue weighted by molar-refractivity contribution is 5.89. The van der Waals surface area contributed by atoms with E-state index in [-0.39, 0.29) is 18.3 Å². The maximum atomic E-state index is 13.7. The van der Waals surface area contributed by atoms with Gasteiger partial charge in [0.2, 0.25) is 0 Å². The van der Waals surface area contributed by atoms with E-state index >= 15 is 0 Å². The molecule has 1 aliphatic rings. The summed E-state index contributed by atoms with van der Waals surface area (Å²) in [6.07, 6.45) is 0. The van der Waals surface area contributed by atoms with Crippen molar-refractivity contribution in [3.63, 3.8) is 0 Å². The molecule has 1 aliphatic heterocycles.